The van der Waals surface area contributed by atoms with Crippen LogP contribution in [0.15, 0.2) is 34.5 Å². The molecule has 2 N–H and O–H groups in total. The Balaban J connectivity index is 2.29. The lowest BCUT2D eigenvalue weighted by Gasteiger charge is -2.15. The van der Waals surface area contributed by atoms with Gasteiger partial charge in [0, 0.05) is 12.3 Å². The minimum absolute atomic E-state index is 0.225. The van der Waals surface area contributed by atoms with E-state index in [1.54, 1.807) is 12.1 Å². The summed E-state index contributed by atoms with van der Waals surface area (Å²) in [5.41, 5.74) is 8.24. The van der Waals surface area contributed by atoms with Crippen molar-refractivity contribution in [2.24, 2.45) is 21.9 Å². The van der Waals surface area contributed by atoms with Crippen molar-refractivity contribution in [1.82, 2.24) is 0 Å². The Morgan fingerprint density at radius 1 is 1.31 bits per heavy atom. The highest BCUT2D eigenvalue weighted by Gasteiger charge is 2.16. The normalized spacial score (nSPS) is 19.6. The highest BCUT2D eigenvalue weighted by molar-refractivity contribution is 6.04. The van der Waals surface area contributed by atoms with E-state index < -0.39 is 0 Å². The van der Waals surface area contributed by atoms with E-state index in [1.807, 2.05) is 19.1 Å². The predicted octanol–water partition coefficient (Wildman–Crippen LogP) is 1.66. The summed E-state index contributed by atoms with van der Waals surface area (Å²) in [5, 5.41) is 16.7. The number of nitriles is 1. The molecular weight excluding hydrogens is 200 g/mol. The second-order valence-corrected chi connectivity index (χ2v) is 3.87. The molecule has 0 saturated carbocycles. The Morgan fingerprint density at radius 3 is 2.56 bits per heavy atom. The third-order valence-corrected chi connectivity index (χ3v) is 2.64. The molecule has 0 bridgehead atoms. The molecule has 1 atom stereocenters. The van der Waals surface area contributed by atoms with Crippen LogP contribution in [0.25, 0.3) is 0 Å². The maximum atomic E-state index is 8.70. The molecule has 16 heavy (non-hydrogen) atoms. The monoisotopic (exact) mass is 212 g/mol. The van der Waals surface area contributed by atoms with Gasteiger partial charge in [-0.15, -0.1) is 5.10 Å². The number of hydrogen-bond donors (Lipinski definition) is 1. The van der Waals surface area contributed by atoms with Crippen LogP contribution in [0.5, 0.6) is 0 Å². The van der Waals surface area contributed by atoms with E-state index >= 15 is 0 Å². The summed E-state index contributed by atoms with van der Waals surface area (Å²) >= 11 is 0. The molecule has 1 aliphatic heterocycles. The van der Waals surface area contributed by atoms with Crippen LogP contribution in [0.4, 0.5) is 0 Å². The number of rotatable bonds is 1. The first-order chi connectivity index (χ1) is 7.70. The molecule has 1 unspecified atom stereocenters. The van der Waals surface area contributed by atoms with E-state index in [4.69, 9.17) is 11.0 Å². The van der Waals surface area contributed by atoms with Gasteiger partial charge in [0.2, 0.25) is 0 Å². The Hall–Kier alpha value is -2.15. The van der Waals surface area contributed by atoms with E-state index in [-0.39, 0.29) is 5.92 Å². The fourth-order valence-electron chi connectivity index (χ4n) is 1.56. The summed E-state index contributed by atoms with van der Waals surface area (Å²) in [6.45, 7) is 2.02. The maximum Gasteiger partial charge on any atom is 0.125 e. The molecule has 0 aliphatic carbocycles. The first-order valence-corrected chi connectivity index (χ1v) is 5.11. The van der Waals surface area contributed by atoms with Gasteiger partial charge in [-0.05, 0) is 17.7 Å². The van der Waals surface area contributed by atoms with Crippen LogP contribution in [0.2, 0.25) is 0 Å². The molecule has 2 rings (SSSR count). The second kappa shape index (κ2) is 4.15. The predicted molar refractivity (Wildman–Crippen MR) is 63.1 cm³/mol. The molecule has 1 aromatic carbocycles. The van der Waals surface area contributed by atoms with Crippen LogP contribution in [0.1, 0.15) is 24.5 Å². The molecule has 0 spiro atoms. The fourth-order valence-corrected chi connectivity index (χ4v) is 1.56. The number of amidine groups is 1. The van der Waals surface area contributed by atoms with Crippen molar-refractivity contribution in [3.05, 3.63) is 35.4 Å². The zero-order valence-corrected chi connectivity index (χ0v) is 9.01. The van der Waals surface area contributed by atoms with Gasteiger partial charge in [-0.1, -0.05) is 19.1 Å². The summed E-state index contributed by atoms with van der Waals surface area (Å²) in [5.74, 6) is 0.806. The van der Waals surface area contributed by atoms with Crippen LogP contribution in [0.3, 0.4) is 0 Å². The van der Waals surface area contributed by atoms with E-state index in [2.05, 4.69) is 16.3 Å². The van der Waals surface area contributed by atoms with E-state index in [0.717, 1.165) is 17.7 Å². The van der Waals surface area contributed by atoms with Crippen LogP contribution in [-0.4, -0.2) is 11.5 Å². The summed E-state index contributed by atoms with van der Waals surface area (Å²) in [7, 11) is 0. The highest BCUT2D eigenvalue weighted by Crippen LogP contribution is 2.16. The molecule has 1 heterocycles. The van der Waals surface area contributed by atoms with E-state index in [9.17, 15) is 0 Å². The summed E-state index contributed by atoms with van der Waals surface area (Å²) < 4.78 is 0. The Morgan fingerprint density at radius 2 is 2.00 bits per heavy atom. The third kappa shape index (κ3) is 1.94. The highest BCUT2D eigenvalue weighted by atomic mass is 15.2. The van der Waals surface area contributed by atoms with Gasteiger partial charge in [0.05, 0.1) is 17.3 Å². The topological polar surface area (TPSA) is 74.5 Å². The number of nitrogens with zero attached hydrogens (tertiary/aromatic N) is 3. The first-order valence-electron chi connectivity index (χ1n) is 5.11. The Kier molecular flexibility index (Phi) is 2.69. The summed E-state index contributed by atoms with van der Waals surface area (Å²) in [6.07, 6.45) is 0.793. The summed E-state index contributed by atoms with van der Waals surface area (Å²) in [4.78, 5) is 0. The van der Waals surface area contributed by atoms with Crippen molar-refractivity contribution in [2.45, 2.75) is 13.3 Å². The lowest BCUT2D eigenvalue weighted by atomic mass is 9.97. The SMILES string of the molecule is CC1CC(c2ccc(C#N)cc2)=NN=C1N. The van der Waals surface area contributed by atoms with E-state index in [0.29, 0.717) is 11.4 Å². The largest absolute Gasteiger partial charge is 0.385 e. The van der Waals surface area contributed by atoms with Crippen LogP contribution in [0, 0.1) is 17.2 Å². The standard InChI is InChI=1S/C12H12N4/c1-8-6-11(15-16-12(8)14)10-4-2-9(7-13)3-5-10/h2-5,8H,6H2,1H3,(H2,14,16). The second-order valence-electron chi connectivity index (χ2n) is 3.87. The fraction of sp³-hybridized carbons (Fsp3) is 0.250. The molecule has 0 saturated heterocycles. The van der Waals surface area contributed by atoms with Gasteiger partial charge in [0.1, 0.15) is 5.84 Å². The van der Waals surface area contributed by atoms with Crippen LogP contribution < -0.4 is 5.73 Å². The zero-order chi connectivity index (χ0) is 11.5. The number of benzene rings is 1. The molecule has 80 valence electrons. The van der Waals surface area contributed by atoms with Gasteiger partial charge in [0.25, 0.3) is 0 Å². The molecule has 1 aromatic rings. The van der Waals surface area contributed by atoms with E-state index in [1.165, 1.54) is 0 Å². The smallest absolute Gasteiger partial charge is 0.125 e. The van der Waals surface area contributed by atoms with Gasteiger partial charge >= 0.3 is 0 Å². The van der Waals surface area contributed by atoms with Gasteiger partial charge in [0.15, 0.2) is 0 Å². The number of hydrogen-bond acceptors (Lipinski definition) is 4. The van der Waals surface area contributed by atoms with Gasteiger partial charge < -0.3 is 5.73 Å². The van der Waals surface area contributed by atoms with Crippen molar-refractivity contribution in [3.8, 4) is 6.07 Å². The van der Waals surface area contributed by atoms with Crippen molar-refractivity contribution in [2.75, 3.05) is 0 Å². The van der Waals surface area contributed by atoms with Crippen LogP contribution in [-0.2, 0) is 0 Å². The molecule has 0 aromatic heterocycles. The van der Waals surface area contributed by atoms with Crippen LogP contribution >= 0.6 is 0 Å². The Labute approximate surface area is 94.1 Å². The summed E-state index contributed by atoms with van der Waals surface area (Å²) in [6, 6.07) is 9.43. The third-order valence-electron chi connectivity index (χ3n) is 2.64. The molecular formula is C12H12N4. The lowest BCUT2D eigenvalue weighted by Crippen LogP contribution is -2.26. The minimum Gasteiger partial charge on any atom is -0.385 e. The quantitative estimate of drug-likeness (QED) is 0.768. The molecule has 0 amide bonds. The average molecular weight is 212 g/mol. The van der Waals surface area contributed by atoms with Crippen molar-refractivity contribution in [1.29, 1.82) is 5.26 Å². The minimum atomic E-state index is 0.225. The maximum absolute atomic E-state index is 8.70. The van der Waals surface area contributed by atoms with Crippen molar-refractivity contribution < 1.29 is 0 Å². The lowest BCUT2D eigenvalue weighted by molar-refractivity contribution is 0.779. The van der Waals surface area contributed by atoms with Crippen molar-refractivity contribution in [3.63, 3.8) is 0 Å². The van der Waals surface area contributed by atoms with Gasteiger partial charge in [-0.3, -0.25) is 0 Å². The first kappa shape index (κ1) is 10.4. The molecule has 4 heteroatoms. The molecule has 4 nitrogen and oxygen atoms in total. The number of nitrogens with two attached hydrogens (primary N) is 1. The van der Waals surface area contributed by atoms with Crippen molar-refractivity contribution >= 4 is 11.5 Å². The molecule has 1 aliphatic rings. The Bertz CT molecular complexity index is 491. The molecule has 0 fully saturated rings. The molecule has 0 radical (unpaired) electrons. The van der Waals surface area contributed by atoms with Gasteiger partial charge in [-0.25, -0.2) is 0 Å². The zero-order valence-electron chi connectivity index (χ0n) is 9.01. The van der Waals surface area contributed by atoms with Gasteiger partial charge in [-0.2, -0.15) is 10.4 Å². The average Bonchev–Trinajstić information content (AvgIpc) is 2.33.